The molecule has 1 unspecified atom stereocenters. The van der Waals surface area contributed by atoms with Gasteiger partial charge in [0.05, 0.1) is 0 Å². The molecule has 1 saturated carbocycles. The molecule has 0 aliphatic heterocycles. The molecule has 7 nitrogen and oxygen atoms in total. The number of hydrogen-bond acceptors (Lipinski definition) is 5. The molecular formula is C17H25N3O4. The minimum Gasteiger partial charge on any atom is -0.508 e. The van der Waals surface area contributed by atoms with Gasteiger partial charge in [0.25, 0.3) is 11.8 Å². The highest BCUT2D eigenvalue weighted by Gasteiger charge is 2.26. The first kappa shape index (κ1) is 18.2. The molecule has 1 aliphatic rings. The number of nitrogens with one attached hydrogen (secondary N) is 2. The van der Waals surface area contributed by atoms with Crippen LogP contribution in [0.3, 0.4) is 0 Å². The van der Waals surface area contributed by atoms with Crippen LogP contribution in [-0.4, -0.2) is 34.2 Å². The molecular weight excluding hydrogens is 310 g/mol. The normalized spacial score (nSPS) is 17.8. The van der Waals surface area contributed by atoms with Crippen molar-refractivity contribution in [2.75, 3.05) is 0 Å². The first-order valence-electron chi connectivity index (χ1n) is 8.30. The van der Waals surface area contributed by atoms with Gasteiger partial charge in [-0.15, -0.1) is 0 Å². The number of nitrogens with two attached hydrogens (primary N) is 1. The Hall–Kier alpha value is -2.12. The quantitative estimate of drug-likeness (QED) is 0.509. The topological polar surface area (TPSA) is 125 Å². The van der Waals surface area contributed by atoms with E-state index < -0.39 is 24.0 Å². The number of aromatic hydroxyl groups is 1. The second kappa shape index (κ2) is 8.65. The van der Waals surface area contributed by atoms with E-state index in [9.17, 15) is 19.8 Å². The van der Waals surface area contributed by atoms with Gasteiger partial charge < -0.3 is 15.9 Å². The van der Waals surface area contributed by atoms with Crippen molar-refractivity contribution in [3.8, 4) is 5.75 Å². The molecule has 2 rings (SSSR count). The van der Waals surface area contributed by atoms with Crippen LogP contribution in [0.5, 0.6) is 5.75 Å². The Morgan fingerprint density at radius 1 is 1.21 bits per heavy atom. The van der Waals surface area contributed by atoms with Crippen LogP contribution in [0.2, 0.25) is 0 Å². The zero-order valence-electron chi connectivity index (χ0n) is 13.6. The van der Waals surface area contributed by atoms with Gasteiger partial charge >= 0.3 is 0 Å². The van der Waals surface area contributed by atoms with Crippen LogP contribution in [0.15, 0.2) is 24.3 Å². The lowest BCUT2D eigenvalue weighted by Gasteiger charge is -2.26. The molecule has 1 fully saturated rings. The van der Waals surface area contributed by atoms with E-state index in [1.54, 1.807) is 0 Å². The Morgan fingerprint density at radius 3 is 2.58 bits per heavy atom. The van der Waals surface area contributed by atoms with E-state index in [4.69, 9.17) is 5.73 Å². The van der Waals surface area contributed by atoms with Crippen molar-refractivity contribution in [2.24, 2.45) is 11.7 Å². The van der Waals surface area contributed by atoms with Gasteiger partial charge in [-0.3, -0.25) is 20.4 Å². The molecule has 0 spiro atoms. The first-order chi connectivity index (χ1) is 11.5. The number of phenols is 1. The summed E-state index contributed by atoms with van der Waals surface area (Å²) in [6, 6.07) is 5.05. The smallest absolute Gasteiger partial charge is 0.269 e. The lowest BCUT2D eigenvalue weighted by atomic mass is 9.84. The molecule has 2 atom stereocenters. The molecule has 0 aromatic heterocycles. The highest BCUT2D eigenvalue weighted by Crippen LogP contribution is 2.27. The molecule has 1 aromatic carbocycles. The number of rotatable bonds is 5. The summed E-state index contributed by atoms with van der Waals surface area (Å²) in [5.41, 5.74) is 10.5. The molecule has 2 amide bonds. The fourth-order valence-corrected chi connectivity index (χ4v) is 3.04. The molecule has 0 heterocycles. The largest absolute Gasteiger partial charge is 0.508 e. The summed E-state index contributed by atoms with van der Waals surface area (Å²) >= 11 is 0. The van der Waals surface area contributed by atoms with Crippen molar-refractivity contribution in [3.63, 3.8) is 0 Å². The number of aliphatic hydroxyl groups excluding tert-OH is 1. The molecule has 0 radical (unpaired) electrons. The third-order valence-corrected chi connectivity index (χ3v) is 4.41. The fraction of sp³-hybridized carbons (Fsp3) is 0.529. The fourth-order valence-electron chi connectivity index (χ4n) is 3.04. The molecule has 0 bridgehead atoms. The summed E-state index contributed by atoms with van der Waals surface area (Å²) in [6.07, 6.45) is 4.94. The minimum atomic E-state index is -1.38. The van der Waals surface area contributed by atoms with Crippen LogP contribution in [-0.2, 0) is 4.79 Å². The van der Waals surface area contributed by atoms with Crippen molar-refractivity contribution in [2.45, 2.75) is 50.7 Å². The number of carbonyl (C=O) groups is 2. The number of hydrazine groups is 1. The number of carbonyl (C=O) groups excluding carboxylic acids is 2. The standard InChI is InChI=1S/C17H25N3O4/c18-14(9-11-5-2-1-3-6-11)15(22)17(24)20-19-16(23)12-7-4-8-13(21)10-12/h4,7-8,10-11,14-15,21-22H,1-3,5-6,9,18H2,(H,19,23)(H,20,24)/t14-,15?/m1/s1. The van der Waals surface area contributed by atoms with Gasteiger partial charge in [0.15, 0.2) is 0 Å². The highest BCUT2D eigenvalue weighted by molar-refractivity contribution is 5.96. The first-order valence-corrected chi connectivity index (χ1v) is 8.30. The Balaban J connectivity index is 1.79. The van der Waals surface area contributed by atoms with Crippen LogP contribution in [0.4, 0.5) is 0 Å². The van der Waals surface area contributed by atoms with Gasteiger partial charge in [0.2, 0.25) is 0 Å². The Bertz CT molecular complexity index is 573. The maximum Gasteiger partial charge on any atom is 0.269 e. The Labute approximate surface area is 141 Å². The van der Waals surface area contributed by atoms with E-state index in [-0.39, 0.29) is 11.3 Å². The van der Waals surface area contributed by atoms with Gasteiger partial charge in [-0.2, -0.15) is 0 Å². The number of phenolic OH excluding ortho intramolecular Hbond substituents is 1. The van der Waals surface area contributed by atoms with Crippen LogP contribution >= 0.6 is 0 Å². The Morgan fingerprint density at radius 2 is 1.92 bits per heavy atom. The third kappa shape index (κ3) is 5.21. The average Bonchev–Trinajstić information content (AvgIpc) is 2.59. The summed E-state index contributed by atoms with van der Waals surface area (Å²) in [6.45, 7) is 0. The van der Waals surface area contributed by atoms with Crippen LogP contribution in [0, 0.1) is 5.92 Å². The molecule has 6 N–H and O–H groups in total. The molecule has 132 valence electrons. The number of hydrogen-bond donors (Lipinski definition) is 5. The summed E-state index contributed by atoms with van der Waals surface area (Å²) in [5, 5.41) is 19.3. The van der Waals surface area contributed by atoms with E-state index >= 15 is 0 Å². The van der Waals surface area contributed by atoms with Crippen LogP contribution < -0.4 is 16.6 Å². The zero-order valence-corrected chi connectivity index (χ0v) is 13.6. The van der Waals surface area contributed by atoms with E-state index in [0.717, 1.165) is 12.8 Å². The highest BCUT2D eigenvalue weighted by atomic mass is 16.3. The molecule has 0 saturated heterocycles. The second-order valence-electron chi connectivity index (χ2n) is 6.34. The van der Waals surface area contributed by atoms with Crippen molar-refractivity contribution in [1.29, 1.82) is 0 Å². The van der Waals surface area contributed by atoms with Crippen molar-refractivity contribution in [1.82, 2.24) is 10.9 Å². The van der Waals surface area contributed by atoms with E-state index in [0.29, 0.717) is 12.3 Å². The van der Waals surface area contributed by atoms with E-state index in [2.05, 4.69) is 10.9 Å². The maximum absolute atomic E-state index is 11.9. The van der Waals surface area contributed by atoms with Gasteiger partial charge in [-0.05, 0) is 30.5 Å². The van der Waals surface area contributed by atoms with Gasteiger partial charge in [0, 0.05) is 11.6 Å². The van der Waals surface area contributed by atoms with Crippen LogP contribution in [0.25, 0.3) is 0 Å². The number of benzene rings is 1. The van der Waals surface area contributed by atoms with Crippen LogP contribution in [0.1, 0.15) is 48.9 Å². The summed E-state index contributed by atoms with van der Waals surface area (Å²) in [5.74, 6) is -0.944. The SMILES string of the molecule is N[C@H](CC1CCCCC1)C(O)C(=O)NNC(=O)c1cccc(O)c1. The van der Waals surface area contributed by atoms with Gasteiger partial charge in [-0.1, -0.05) is 38.2 Å². The molecule has 24 heavy (non-hydrogen) atoms. The minimum absolute atomic E-state index is 0.0523. The summed E-state index contributed by atoms with van der Waals surface area (Å²) in [4.78, 5) is 23.8. The predicted octanol–water partition coefficient (Wildman–Crippen LogP) is 0.812. The number of aliphatic hydroxyl groups is 1. The summed E-state index contributed by atoms with van der Waals surface area (Å²) in [7, 11) is 0. The van der Waals surface area contributed by atoms with Gasteiger partial charge in [-0.25, -0.2) is 0 Å². The van der Waals surface area contributed by atoms with Crippen molar-refractivity contribution >= 4 is 11.8 Å². The maximum atomic E-state index is 11.9. The van der Waals surface area contributed by atoms with E-state index in [1.165, 1.54) is 43.5 Å². The lowest BCUT2D eigenvalue weighted by molar-refractivity contribution is -0.131. The Kier molecular flexibility index (Phi) is 6.57. The van der Waals surface area contributed by atoms with E-state index in [1.807, 2.05) is 0 Å². The number of amides is 2. The molecule has 1 aromatic rings. The lowest BCUT2D eigenvalue weighted by Crippen LogP contribution is -2.52. The van der Waals surface area contributed by atoms with Gasteiger partial charge in [0.1, 0.15) is 11.9 Å². The monoisotopic (exact) mass is 335 g/mol. The molecule has 1 aliphatic carbocycles. The molecule has 7 heteroatoms. The average molecular weight is 335 g/mol. The van der Waals surface area contributed by atoms with Crippen molar-refractivity contribution in [3.05, 3.63) is 29.8 Å². The zero-order chi connectivity index (χ0) is 17.5. The second-order valence-corrected chi connectivity index (χ2v) is 6.34. The van der Waals surface area contributed by atoms with Crippen molar-refractivity contribution < 1.29 is 19.8 Å². The third-order valence-electron chi connectivity index (χ3n) is 4.41. The summed E-state index contributed by atoms with van der Waals surface area (Å²) < 4.78 is 0. The predicted molar refractivity (Wildman–Crippen MR) is 88.9 cm³/mol.